The van der Waals surface area contributed by atoms with Crippen molar-refractivity contribution in [3.8, 4) is 5.75 Å². The molecular weight excluding hydrogens is 342 g/mol. The summed E-state index contributed by atoms with van der Waals surface area (Å²) in [7, 11) is 1.57. The lowest BCUT2D eigenvalue weighted by atomic mass is 10.2. The monoisotopic (exact) mass is 367 g/mol. The van der Waals surface area contributed by atoms with Gasteiger partial charge in [-0.05, 0) is 49.6 Å². The van der Waals surface area contributed by atoms with Gasteiger partial charge in [-0.25, -0.2) is 4.99 Å². The maximum Gasteiger partial charge on any atom is 0.258 e. The van der Waals surface area contributed by atoms with Gasteiger partial charge in [0.05, 0.1) is 19.8 Å². The summed E-state index contributed by atoms with van der Waals surface area (Å²) in [5, 5.41) is 6.10. The number of carbonyl (C=O) groups excluding carboxylic acids is 1. The molecule has 0 aliphatic carbocycles. The van der Waals surface area contributed by atoms with Gasteiger partial charge in [0.2, 0.25) is 5.96 Å². The molecule has 1 aliphatic heterocycles. The summed E-state index contributed by atoms with van der Waals surface area (Å²) in [6.07, 6.45) is 2.15. The Kier molecular flexibility index (Phi) is 6.44. The van der Waals surface area contributed by atoms with Crippen LogP contribution in [0, 0.1) is 6.92 Å². The lowest BCUT2D eigenvalue weighted by Gasteiger charge is -2.15. The van der Waals surface area contributed by atoms with E-state index in [9.17, 15) is 4.79 Å². The molecule has 2 N–H and O–H groups in total. The number of rotatable bonds is 5. The van der Waals surface area contributed by atoms with Gasteiger partial charge in [0.1, 0.15) is 5.75 Å². The lowest BCUT2D eigenvalue weighted by Crippen LogP contribution is -2.37. The fourth-order valence-electron chi connectivity index (χ4n) is 2.88. The van der Waals surface area contributed by atoms with Gasteiger partial charge < -0.3 is 14.8 Å². The standard InChI is InChI=1S/C21H25N3O3/c1-15-7-3-4-11-19(15)23-21(22-14-18-10-6-12-27-18)24-20(25)16-8-5-9-17(13-16)26-2/h3-5,7-9,11,13,18H,6,10,12,14H2,1-2H3,(H2,22,23,24,25)/t18-/m0/s1. The predicted molar refractivity (Wildman–Crippen MR) is 107 cm³/mol. The van der Waals surface area contributed by atoms with E-state index >= 15 is 0 Å². The molecule has 6 heteroatoms. The molecule has 0 unspecified atom stereocenters. The number of hydrogen-bond acceptors (Lipinski definition) is 4. The smallest absolute Gasteiger partial charge is 0.258 e. The van der Waals surface area contributed by atoms with Gasteiger partial charge in [-0.1, -0.05) is 24.3 Å². The van der Waals surface area contributed by atoms with Gasteiger partial charge >= 0.3 is 0 Å². The number of aryl methyl sites for hydroxylation is 1. The molecule has 3 rings (SSSR count). The fraction of sp³-hybridized carbons (Fsp3) is 0.333. The minimum Gasteiger partial charge on any atom is -0.497 e. The third-order valence-electron chi connectivity index (χ3n) is 4.44. The number of aliphatic imine (C=N–C) groups is 1. The van der Waals surface area contributed by atoms with Crippen LogP contribution in [0.5, 0.6) is 5.75 Å². The van der Waals surface area contributed by atoms with Crippen LogP contribution in [-0.4, -0.2) is 38.2 Å². The van der Waals surface area contributed by atoms with Crippen molar-refractivity contribution < 1.29 is 14.3 Å². The molecule has 27 heavy (non-hydrogen) atoms. The van der Waals surface area contributed by atoms with Gasteiger partial charge in [-0.15, -0.1) is 0 Å². The normalized spacial score (nSPS) is 16.8. The van der Waals surface area contributed by atoms with Crippen LogP contribution < -0.4 is 15.4 Å². The zero-order valence-corrected chi connectivity index (χ0v) is 15.7. The molecule has 2 aromatic carbocycles. The summed E-state index contributed by atoms with van der Waals surface area (Å²) in [5.41, 5.74) is 2.47. The third kappa shape index (κ3) is 5.31. The topological polar surface area (TPSA) is 72.0 Å². The van der Waals surface area contributed by atoms with Gasteiger partial charge in [0.15, 0.2) is 0 Å². The largest absolute Gasteiger partial charge is 0.497 e. The SMILES string of the molecule is COc1cccc(C(=O)NC(=NC[C@@H]2CCCO2)Nc2ccccc2C)c1. The Labute approximate surface area is 159 Å². The van der Waals surface area contributed by atoms with Gasteiger partial charge in [-0.3, -0.25) is 10.1 Å². The molecule has 1 aliphatic rings. The summed E-state index contributed by atoms with van der Waals surface area (Å²) in [4.78, 5) is 17.2. The van der Waals surface area contributed by atoms with Crippen molar-refractivity contribution in [2.45, 2.75) is 25.9 Å². The minimum absolute atomic E-state index is 0.104. The van der Waals surface area contributed by atoms with Crippen molar-refractivity contribution in [3.63, 3.8) is 0 Å². The second kappa shape index (κ2) is 9.19. The van der Waals surface area contributed by atoms with E-state index in [0.29, 0.717) is 23.8 Å². The number of para-hydroxylation sites is 1. The molecule has 1 saturated heterocycles. The van der Waals surface area contributed by atoms with Crippen LogP contribution in [0.4, 0.5) is 5.69 Å². The van der Waals surface area contributed by atoms with Crippen LogP contribution in [0.1, 0.15) is 28.8 Å². The molecule has 0 aromatic heterocycles. The summed E-state index contributed by atoms with van der Waals surface area (Å²) >= 11 is 0. The second-order valence-corrected chi connectivity index (χ2v) is 6.45. The average molecular weight is 367 g/mol. The third-order valence-corrected chi connectivity index (χ3v) is 4.44. The molecule has 0 spiro atoms. The maximum atomic E-state index is 12.7. The number of methoxy groups -OCH3 is 1. The van der Waals surface area contributed by atoms with E-state index in [2.05, 4.69) is 15.6 Å². The molecule has 6 nitrogen and oxygen atoms in total. The Bertz CT molecular complexity index is 814. The van der Waals surface area contributed by atoms with Crippen LogP contribution in [0.3, 0.4) is 0 Å². The van der Waals surface area contributed by atoms with E-state index < -0.39 is 0 Å². The highest BCUT2D eigenvalue weighted by Crippen LogP contribution is 2.15. The van der Waals surface area contributed by atoms with Crippen molar-refractivity contribution in [2.75, 3.05) is 25.6 Å². The van der Waals surface area contributed by atoms with Crippen molar-refractivity contribution >= 4 is 17.6 Å². The van der Waals surface area contributed by atoms with Crippen molar-refractivity contribution in [3.05, 3.63) is 59.7 Å². The van der Waals surface area contributed by atoms with Gasteiger partial charge in [0, 0.05) is 17.9 Å². The number of guanidine groups is 1. The molecular formula is C21H25N3O3. The number of nitrogens with one attached hydrogen (secondary N) is 2. The Balaban J connectivity index is 1.76. The number of benzene rings is 2. The zero-order chi connectivity index (χ0) is 19.1. The molecule has 0 radical (unpaired) electrons. The van der Waals surface area contributed by atoms with Crippen LogP contribution in [0.25, 0.3) is 0 Å². The molecule has 142 valence electrons. The van der Waals surface area contributed by atoms with E-state index in [-0.39, 0.29) is 12.0 Å². The summed E-state index contributed by atoms with van der Waals surface area (Å²) in [5.74, 6) is 0.793. The van der Waals surface area contributed by atoms with Crippen LogP contribution in [0.2, 0.25) is 0 Å². The molecule has 1 amide bonds. The molecule has 1 atom stereocenters. The first-order valence-corrected chi connectivity index (χ1v) is 9.10. The minimum atomic E-state index is -0.249. The molecule has 1 heterocycles. The Morgan fingerprint density at radius 1 is 1.26 bits per heavy atom. The van der Waals surface area contributed by atoms with E-state index in [1.54, 1.807) is 31.4 Å². The summed E-state index contributed by atoms with van der Waals surface area (Å²) < 4.78 is 10.8. The number of nitrogens with zero attached hydrogens (tertiary/aromatic N) is 1. The second-order valence-electron chi connectivity index (χ2n) is 6.45. The van der Waals surface area contributed by atoms with Crippen LogP contribution >= 0.6 is 0 Å². The van der Waals surface area contributed by atoms with Crippen LogP contribution in [0.15, 0.2) is 53.5 Å². The Morgan fingerprint density at radius 2 is 2.11 bits per heavy atom. The predicted octanol–water partition coefficient (Wildman–Crippen LogP) is 3.38. The quantitative estimate of drug-likeness (QED) is 0.628. The molecule has 2 aromatic rings. The highest BCUT2D eigenvalue weighted by Gasteiger charge is 2.16. The summed E-state index contributed by atoms with van der Waals surface area (Å²) in [6.45, 7) is 3.29. The van der Waals surface area contributed by atoms with E-state index in [4.69, 9.17) is 9.47 Å². The molecule has 1 fully saturated rings. The first-order chi connectivity index (χ1) is 13.2. The zero-order valence-electron chi connectivity index (χ0n) is 15.7. The Hall–Kier alpha value is -2.86. The van der Waals surface area contributed by atoms with E-state index in [1.165, 1.54) is 0 Å². The van der Waals surface area contributed by atoms with Gasteiger partial charge in [-0.2, -0.15) is 0 Å². The van der Waals surface area contributed by atoms with E-state index in [0.717, 1.165) is 30.7 Å². The van der Waals surface area contributed by atoms with Crippen LogP contribution in [-0.2, 0) is 4.74 Å². The maximum absolute atomic E-state index is 12.7. The summed E-state index contributed by atoms with van der Waals surface area (Å²) in [6, 6.07) is 14.9. The first-order valence-electron chi connectivity index (χ1n) is 9.10. The number of hydrogen-bond donors (Lipinski definition) is 2. The average Bonchev–Trinajstić information content (AvgIpc) is 3.21. The number of carbonyl (C=O) groups is 1. The Morgan fingerprint density at radius 3 is 2.85 bits per heavy atom. The fourth-order valence-corrected chi connectivity index (χ4v) is 2.88. The van der Waals surface area contributed by atoms with Crippen molar-refractivity contribution in [1.29, 1.82) is 0 Å². The highest BCUT2D eigenvalue weighted by atomic mass is 16.5. The lowest BCUT2D eigenvalue weighted by molar-refractivity contribution is 0.0975. The van der Waals surface area contributed by atoms with Crippen molar-refractivity contribution in [2.24, 2.45) is 4.99 Å². The highest BCUT2D eigenvalue weighted by molar-refractivity contribution is 6.10. The first kappa shape index (κ1) is 18.9. The van der Waals surface area contributed by atoms with Gasteiger partial charge in [0.25, 0.3) is 5.91 Å². The number of amides is 1. The van der Waals surface area contributed by atoms with Crippen molar-refractivity contribution in [1.82, 2.24) is 5.32 Å². The number of ether oxygens (including phenoxy) is 2. The number of anilines is 1. The molecule has 0 bridgehead atoms. The molecule has 0 saturated carbocycles. The van der Waals surface area contributed by atoms with E-state index in [1.807, 2.05) is 31.2 Å².